The van der Waals surface area contributed by atoms with Crippen LogP contribution in [0.1, 0.15) is 6.92 Å². The second-order valence-electron chi connectivity index (χ2n) is 3.90. The highest BCUT2D eigenvalue weighted by Gasteiger charge is 2.23. The summed E-state index contributed by atoms with van der Waals surface area (Å²) in [6.07, 6.45) is 0. The van der Waals surface area contributed by atoms with Crippen molar-refractivity contribution in [2.24, 2.45) is 0 Å². The van der Waals surface area contributed by atoms with Crippen molar-refractivity contribution in [2.45, 2.75) is 6.92 Å². The first kappa shape index (κ1) is 9.66. The molecule has 1 aromatic carbocycles. The van der Waals surface area contributed by atoms with E-state index in [-0.39, 0.29) is 0 Å². The summed E-state index contributed by atoms with van der Waals surface area (Å²) in [5.74, 6) is 0. The largest absolute Gasteiger partial charge is 0.379 e. The van der Waals surface area contributed by atoms with Crippen LogP contribution in [0.25, 0.3) is 0 Å². The zero-order chi connectivity index (χ0) is 11.1. The lowest BCUT2D eigenvalue weighted by atomic mass is 10.2. The fourth-order valence-electron chi connectivity index (χ4n) is 1.97. The van der Waals surface area contributed by atoms with E-state index in [9.17, 15) is 4.21 Å². The Morgan fingerprint density at radius 3 is 2.81 bits per heavy atom. The van der Waals surface area contributed by atoms with Crippen molar-refractivity contribution in [3.8, 4) is 0 Å². The quantitative estimate of drug-likeness (QED) is 0.721. The minimum absolute atomic E-state index is 0.725. The number of hydrogen-bond donors (Lipinski definition) is 2. The Labute approximate surface area is 96.7 Å². The standard InChI is InChI=1S/C12H12N2OS/c1-8-12-9(7-16(8)15)6-13-10-4-2-3-5-11(10)14-12/h2-5,7,13-14H,6H2,1H3. The lowest BCUT2D eigenvalue weighted by molar-refractivity contribution is 0.692. The van der Waals surface area contributed by atoms with Crippen LogP contribution in [-0.4, -0.2) is 10.8 Å². The lowest BCUT2D eigenvalue weighted by Crippen LogP contribution is -2.04. The molecule has 16 heavy (non-hydrogen) atoms. The van der Waals surface area contributed by atoms with Crippen molar-refractivity contribution in [1.29, 1.82) is 0 Å². The molecular weight excluding hydrogens is 220 g/mol. The van der Waals surface area contributed by atoms with Gasteiger partial charge in [0.1, 0.15) is 0 Å². The van der Waals surface area contributed by atoms with Crippen LogP contribution < -0.4 is 10.6 Å². The minimum atomic E-state index is -0.957. The molecule has 1 aromatic rings. The average molecular weight is 232 g/mol. The summed E-state index contributed by atoms with van der Waals surface area (Å²) < 4.78 is 11.7. The molecule has 2 aliphatic heterocycles. The predicted molar refractivity (Wildman–Crippen MR) is 67.5 cm³/mol. The first-order chi connectivity index (χ1) is 7.75. The summed E-state index contributed by atoms with van der Waals surface area (Å²) >= 11 is 0. The number of allylic oxidation sites excluding steroid dienone is 1. The fourth-order valence-corrected chi connectivity index (χ4v) is 2.99. The maximum atomic E-state index is 11.7. The van der Waals surface area contributed by atoms with E-state index in [1.165, 1.54) is 0 Å². The third-order valence-electron chi connectivity index (χ3n) is 2.88. The summed E-state index contributed by atoms with van der Waals surface area (Å²) in [5.41, 5.74) is 4.23. The first-order valence-corrected chi connectivity index (χ1v) is 6.39. The van der Waals surface area contributed by atoms with Crippen molar-refractivity contribution in [3.63, 3.8) is 0 Å². The van der Waals surface area contributed by atoms with Gasteiger partial charge in [-0.05, 0) is 19.1 Å². The van der Waals surface area contributed by atoms with Gasteiger partial charge in [0.25, 0.3) is 0 Å². The van der Waals surface area contributed by atoms with E-state index in [1.54, 1.807) is 0 Å². The van der Waals surface area contributed by atoms with Crippen LogP contribution in [-0.2, 0) is 10.8 Å². The summed E-state index contributed by atoms with van der Waals surface area (Å²) in [6.45, 7) is 2.64. The second kappa shape index (κ2) is 3.49. The van der Waals surface area contributed by atoms with Gasteiger partial charge in [-0.25, -0.2) is 4.21 Å². The Balaban J connectivity index is 2.11. The molecular formula is C12H12N2OS. The molecule has 2 aliphatic rings. The van der Waals surface area contributed by atoms with Gasteiger partial charge in [-0.15, -0.1) is 0 Å². The van der Waals surface area contributed by atoms with Crippen molar-refractivity contribution in [1.82, 2.24) is 0 Å². The maximum absolute atomic E-state index is 11.7. The molecule has 0 aliphatic carbocycles. The Hall–Kier alpha value is -1.55. The highest BCUT2D eigenvalue weighted by atomic mass is 32.2. The molecule has 0 aromatic heterocycles. The Bertz CT molecular complexity index is 546. The minimum Gasteiger partial charge on any atom is -0.379 e. The molecule has 1 unspecified atom stereocenters. The zero-order valence-electron chi connectivity index (χ0n) is 8.91. The number of rotatable bonds is 0. The predicted octanol–water partition coefficient (Wildman–Crippen LogP) is 2.40. The number of benzene rings is 1. The maximum Gasteiger partial charge on any atom is 0.0757 e. The number of fused-ring (bicyclic) bond motifs is 2. The molecule has 4 heteroatoms. The normalized spacial score (nSPS) is 22.6. The zero-order valence-corrected chi connectivity index (χ0v) is 9.73. The fraction of sp³-hybridized carbons (Fsp3) is 0.167. The highest BCUT2D eigenvalue weighted by molar-refractivity contribution is 7.92. The van der Waals surface area contributed by atoms with Crippen LogP contribution in [0.4, 0.5) is 11.4 Å². The summed E-state index contributed by atoms with van der Waals surface area (Å²) in [4.78, 5) is 0.911. The summed E-state index contributed by atoms with van der Waals surface area (Å²) in [5, 5.41) is 8.51. The number of para-hydroxylation sites is 2. The van der Waals surface area contributed by atoms with Gasteiger partial charge in [-0.3, -0.25) is 0 Å². The molecule has 1 atom stereocenters. The van der Waals surface area contributed by atoms with Gasteiger partial charge in [-0.1, -0.05) is 12.1 Å². The van der Waals surface area contributed by atoms with Crippen molar-refractivity contribution in [3.05, 3.63) is 45.8 Å². The van der Waals surface area contributed by atoms with E-state index < -0.39 is 10.8 Å². The molecule has 82 valence electrons. The van der Waals surface area contributed by atoms with Gasteiger partial charge in [0, 0.05) is 22.4 Å². The second-order valence-corrected chi connectivity index (χ2v) is 5.34. The van der Waals surface area contributed by atoms with Crippen LogP contribution in [0, 0.1) is 0 Å². The van der Waals surface area contributed by atoms with Crippen molar-refractivity contribution >= 4 is 22.2 Å². The molecule has 0 spiro atoms. The Morgan fingerprint density at radius 1 is 1.25 bits per heavy atom. The molecule has 3 nitrogen and oxygen atoms in total. The van der Waals surface area contributed by atoms with Crippen LogP contribution >= 0.6 is 0 Å². The van der Waals surface area contributed by atoms with E-state index in [0.717, 1.165) is 34.1 Å². The highest BCUT2D eigenvalue weighted by Crippen LogP contribution is 2.33. The van der Waals surface area contributed by atoms with Gasteiger partial charge in [0.2, 0.25) is 0 Å². The van der Waals surface area contributed by atoms with Crippen molar-refractivity contribution < 1.29 is 4.21 Å². The van der Waals surface area contributed by atoms with E-state index in [4.69, 9.17) is 0 Å². The molecule has 0 bridgehead atoms. The van der Waals surface area contributed by atoms with Gasteiger partial charge < -0.3 is 10.6 Å². The third-order valence-corrected chi connectivity index (χ3v) is 4.19. The SMILES string of the molecule is CC1=C2Nc3ccccc3NCC2=CS1=O. The molecule has 0 fully saturated rings. The van der Waals surface area contributed by atoms with E-state index in [1.807, 2.05) is 36.6 Å². The third kappa shape index (κ3) is 1.38. The smallest absolute Gasteiger partial charge is 0.0757 e. The molecule has 0 amide bonds. The van der Waals surface area contributed by atoms with Crippen molar-refractivity contribution in [2.75, 3.05) is 17.2 Å². The molecule has 3 rings (SSSR count). The van der Waals surface area contributed by atoms with Crippen LogP contribution in [0.15, 0.2) is 45.8 Å². The van der Waals surface area contributed by atoms with E-state index in [0.29, 0.717) is 0 Å². The molecule has 0 saturated carbocycles. The average Bonchev–Trinajstić information content (AvgIpc) is 2.50. The van der Waals surface area contributed by atoms with E-state index >= 15 is 0 Å². The van der Waals surface area contributed by atoms with Crippen LogP contribution in [0.5, 0.6) is 0 Å². The molecule has 2 N–H and O–H groups in total. The van der Waals surface area contributed by atoms with Gasteiger partial charge in [0.05, 0.1) is 27.9 Å². The Kier molecular flexibility index (Phi) is 2.11. The summed E-state index contributed by atoms with van der Waals surface area (Å²) in [6, 6.07) is 8.05. The number of hydrogen-bond acceptors (Lipinski definition) is 3. The molecule has 0 radical (unpaired) electrons. The first-order valence-electron chi connectivity index (χ1n) is 5.18. The van der Waals surface area contributed by atoms with Gasteiger partial charge >= 0.3 is 0 Å². The van der Waals surface area contributed by atoms with Gasteiger partial charge in [0.15, 0.2) is 0 Å². The van der Waals surface area contributed by atoms with Crippen LogP contribution in [0.3, 0.4) is 0 Å². The van der Waals surface area contributed by atoms with Gasteiger partial charge in [-0.2, -0.15) is 0 Å². The molecule has 2 heterocycles. The monoisotopic (exact) mass is 232 g/mol. The van der Waals surface area contributed by atoms with Crippen LogP contribution in [0.2, 0.25) is 0 Å². The Morgan fingerprint density at radius 2 is 2.00 bits per heavy atom. The lowest BCUT2D eigenvalue weighted by Gasteiger charge is -2.08. The summed E-state index contributed by atoms with van der Waals surface area (Å²) in [7, 11) is -0.957. The van der Waals surface area contributed by atoms with E-state index in [2.05, 4.69) is 10.6 Å². The number of nitrogens with one attached hydrogen (secondary N) is 2. The molecule has 0 saturated heterocycles. The topological polar surface area (TPSA) is 41.1 Å². The number of anilines is 2.